The Kier molecular flexibility index (Phi) is 2.98. The Bertz CT molecular complexity index is 198. The summed E-state index contributed by atoms with van der Waals surface area (Å²) in [6, 6.07) is 0.300. The van der Waals surface area contributed by atoms with Gasteiger partial charge in [0.15, 0.2) is 0 Å². The second kappa shape index (κ2) is 4.03. The maximum atomic E-state index is 4.17. The monoisotopic (exact) mass is 151 g/mol. The van der Waals surface area contributed by atoms with Gasteiger partial charge in [-0.1, -0.05) is 6.92 Å². The number of hydrogen-bond donors (Lipinski definition) is 1. The molecule has 0 amide bonds. The van der Waals surface area contributed by atoms with Crippen molar-refractivity contribution < 1.29 is 0 Å². The Morgan fingerprint density at radius 1 is 1.55 bits per heavy atom. The zero-order chi connectivity index (χ0) is 8.10. The Morgan fingerprint density at radius 2 is 2.36 bits per heavy atom. The zero-order valence-corrected chi connectivity index (χ0v) is 6.91. The van der Waals surface area contributed by atoms with E-state index in [4.69, 9.17) is 0 Å². The fourth-order valence-electron chi connectivity index (χ4n) is 0.945. The van der Waals surface area contributed by atoms with Crippen LogP contribution in [0.5, 0.6) is 0 Å². The molecule has 3 heteroatoms. The summed E-state index contributed by atoms with van der Waals surface area (Å²) in [5.41, 5.74) is 0.995. The average molecular weight is 151 g/mol. The summed E-state index contributed by atoms with van der Waals surface area (Å²) in [5.74, 6) is 0. The minimum absolute atomic E-state index is 0.300. The normalized spacial score (nSPS) is 12.9. The molecule has 0 saturated heterocycles. The lowest BCUT2D eigenvalue weighted by Crippen LogP contribution is -2.18. The smallest absolute Gasteiger partial charge is 0.0753 e. The molecule has 1 aromatic rings. The second-order valence-electron chi connectivity index (χ2n) is 2.41. The first-order valence-corrected chi connectivity index (χ1v) is 3.84. The first kappa shape index (κ1) is 8.14. The van der Waals surface area contributed by atoms with Crippen molar-refractivity contribution in [3.63, 3.8) is 0 Å². The largest absolute Gasteiger partial charge is 0.309 e. The average Bonchev–Trinajstić information content (AvgIpc) is 2.07. The predicted octanol–water partition coefficient (Wildman–Crippen LogP) is 1.15. The molecule has 1 rings (SSSR count). The van der Waals surface area contributed by atoms with E-state index in [9.17, 15) is 0 Å². The van der Waals surface area contributed by atoms with Gasteiger partial charge in [-0.25, -0.2) is 0 Å². The molecule has 1 heterocycles. The van der Waals surface area contributed by atoms with E-state index in [-0.39, 0.29) is 0 Å². The van der Waals surface area contributed by atoms with Crippen LogP contribution in [-0.2, 0) is 0 Å². The van der Waals surface area contributed by atoms with Crippen molar-refractivity contribution in [2.24, 2.45) is 0 Å². The van der Waals surface area contributed by atoms with Gasteiger partial charge in [-0.3, -0.25) is 9.97 Å². The molecule has 1 aromatic heterocycles. The fourth-order valence-corrected chi connectivity index (χ4v) is 0.945. The Labute approximate surface area is 66.9 Å². The molecule has 0 aliphatic carbocycles. The van der Waals surface area contributed by atoms with Crippen molar-refractivity contribution in [3.8, 4) is 0 Å². The Hall–Kier alpha value is -0.960. The summed E-state index contributed by atoms with van der Waals surface area (Å²) in [6.45, 7) is 5.11. The van der Waals surface area contributed by atoms with Gasteiger partial charge < -0.3 is 5.32 Å². The lowest BCUT2D eigenvalue weighted by Gasteiger charge is -2.09. The summed E-state index contributed by atoms with van der Waals surface area (Å²) in [7, 11) is 0. The zero-order valence-electron chi connectivity index (χ0n) is 6.91. The summed E-state index contributed by atoms with van der Waals surface area (Å²) in [5, 5.41) is 3.26. The molecule has 0 aliphatic rings. The van der Waals surface area contributed by atoms with Crippen molar-refractivity contribution in [2.75, 3.05) is 6.54 Å². The molecule has 11 heavy (non-hydrogen) atoms. The highest BCUT2D eigenvalue weighted by Gasteiger charge is 2.02. The molecule has 0 unspecified atom stereocenters. The second-order valence-corrected chi connectivity index (χ2v) is 2.41. The number of nitrogens with one attached hydrogen (secondary N) is 1. The van der Waals surface area contributed by atoms with Crippen molar-refractivity contribution in [1.82, 2.24) is 15.3 Å². The van der Waals surface area contributed by atoms with Gasteiger partial charge in [-0.15, -0.1) is 0 Å². The maximum Gasteiger partial charge on any atom is 0.0753 e. The van der Waals surface area contributed by atoms with Gasteiger partial charge in [-0.05, 0) is 13.5 Å². The van der Waals surface area contributed by atoms with Crippen LogP contribution in [0.4, 0.5) is 0 Å². The van der Waals surface area contributed by atoms with Crippen LogP contribution >= 0.6 is 0 Å². The van der Waals surface area contributed by atoms with E-state index >= 15 is 0 Å². The third-order valence-corrected chi connectivity index (χ3v) is 1.54. The van der Waals surface area contributed by atoms with Crippen molar-refractivity contribution >= 4 is 0 Å². The molecular formula is C8H13N3. The number of aromatic nitrogens is 2. The quantitative estimate of drug-likeness (QED) is 0.704. The first-order valence-electron chi connectivity index (χ1n) is 3.84. The third-order valence-electron chi connectivity index (χ3n) is 1.54. The molecule has 0 fully saturated rings. The number of rotatable bonds is 3. The predicted molar refractivity (Wildman–Crippen MR) is 44.1 cm³/mol. The summed E-state index contributed by atoms with van der Waals surface area (Å²) in [6.07, 6.45) is 5.18. The van der Waals surface area contributed by atoms with Crippen LogP contribution in [0.25, 0.3) is 0 Å². The molecule has 0 radical (unpaired) electrons. The molecule has 3 nitrogen and oxygen atoms in total. The summed E-state index contributed by atoms with van der Waals surface area (Å²) in [4.78, 5) is 8.16. The van der Waals surface area contributed by atoms with E-state index in [0.29, 0.717) is 6.04 Å². The number of hydrogen-bond acceptors (Lipinski definition) is 3. The topological polar surface area (TPSA) is 37.8 Å². The standard InChI is InChI=1S/C8H13N3/c1-3-10-7(2)8-6-9-4-5-11-8/h4-7,10H,3H2,1-2H3/t7-/m1/s1. The van der Waals surface area contributed by atoms with Crippen molar-refractivity contribution in [3.05, 3.63) is 24.3 Å². The van der Waals surface area contributed by atoms with Crippen LogP contribution < -0.4 is 5.32 Å². The van der Waals surface area contributed by atoms with Crippen LogP contribution in [0, 0.1) is 0 Å². The molecule has 0 bridgehead atoms. The first-order chi connectivity index (χ1) is 5.34. The summed E-state index contributed by atoms with van der Waals surface area (Å²) < 4.78 is 0. The highest BCUT2D eigenvalue weighted by molar-refractivity contribution is 5.00. The van der Waals surface area contributed by atoms with Gasteiger partial charge in [-0.2, -0.15) is 0 Å². The molecule has 0 saturated carbocycles. The third kappa shape index (κ3) is 2.27. The molecule has 1 atom stereocenters. The van der Waals surface area contributed by atoms with Gasteiger partial charge in [0, 0.05) is 24.6 Å². The fraction of sp³-hybridized carbons (Fsp3) is 0.500. The van der Waals surface area contributed by atoms with Gasteiger partial charge in [0.05, 0.1) is 5.69 Å². The lowest BCUT2D eigenvalue weighted by molar-refractivity contribution is 0.581. The molecule has 0 spiro atoms. The van der Waals surface area contributed by atoms with Crippen LogP contribution in [-0.4, -0.2) is 16.5 Å². The van der Waals surface area contributed by atoms with E-state index in [2.05, 4.69) is 29.1 Å². The van der Waals surface area contributed by atoms with Crippen LogP contribution in [0.15, 0.2) is 18.6 Å². The van der Waals surface area contributed by atoms with Gasteiger partial charge in [0.1, 0.15) is 0 Å². The Balaban J connectivity index is 2.61. The minimum atomic E-state index is 0.300. The van der Waals surface area contributed by atoms with Crippen LogP contribution in [0.1, 0.15) is 25.6 Å². The van der Waals surface area contributed by atoms with Gasteiger partial charge in [0.2, 0.25) is 0 Å². The lowest BCUT2D eigenvalue weighted by atomic mass is 10.2. The molecule has 0 aliphatic heterocycles. The van der Waals surface area contributed by atoms with Gasteiger partial charge >= 0.3 is 0 Å². The summed E-state index contributed by atoms with van der Waals surface area (Å²) >= 11 is 0. The van der Waals surface area contributed by atoms with Crippen LogP contribution in [0.3, 0.4) is 0 Å². The van der Waals surface area contributed by atoms with Gasteiger partial charge in [0.25, 0.3) is 0 Å². The van der Waals surface area contributed by atoms with E-state index in [1.54, 1.807) is 18.6 Å². The van der Waals surface area contributed by atoms with Crippen LogP contribution in [0.2, 0.25) is 0 Å². The molecular weight excluding hydrogens is 138 g/mol. The van der Waals surface area contributed by atoms with E-state index in [0.717, 1.165) is 12.2 Å². The highest BCUT2D eigenvalue weighted by atomic mass is 14.9. The number of nitrogens with zero attached hydrogens (tertiary/aromatic N) is 2. The van der Waals surface area contributed by atoms with E-state index < -0.39 is 0 Å². The molecule has 60 valence electrons. The molecule has 0 aromatic carbocycles. The minimum Gasteiger partial charge on any atom is -0.309 e. The maximum absolute atomic E-state index is 4.17. The Morgan fingerprint density at radius 3 is 2.91 bits per heavy atom. The SMILES string of the molecule is CCN[C@H](C)c1cnccn1. The molecule has 1 N–H and O–H groups in total. The van der Waals surface area contributed by atoms with E-state index in [1.165, 1.54) is 0 Å². The van der Waals surface area contributed by atoms with E-state index in [1.807, 2.05) is 0 Å². The van der Waals surface area contributed by atoms with Crippen molar-refractivity contribution in [2.45, 2.75) is 19.9 Å². The van der Waals surface area contributed by atoms with Crippen molar-refractivity contribution in [1.29, 1.82) is 0 Å². The highest BCUT2D eigenvalue weighted by Crippen LogP contribution is 2.04.